The second-order valence-corrected chi connectivity index (χ2v) is 1.61. The van der Waals surface area contributed by atoms with Gasteiger partial charge in [0.25, 0.3) is 0 Å². The number of hydrogen-bond acceptors (Lipinski definition) is 3. The number of nitrogens with two attached hydrogens (primary N) is 1. The van der Waals surface area contributed by atoms with Crippen LogP contribution in [0.3, 0.4) is 0 Å². The van der Waals surface area contributed by atoms with E-state index in [0.717, 1.165) is 0 Å². The van der Waals surface area contributed by atoms with E-state index >= 15 is 0 Å². The largest absolute Gasteiger partial charge is 0.452 e. The lowest BCUT2D eigenvalue weighted by Crippen LogP contribution is -2.23. The quantitative estimate of drug-likeness (QED) is 0.259. The Balaban J connectivity index is 3.61. The van der Waals surface area contributed by atoms with Crippen molar-refractivity contribution < 1.29 is 9.53 Å². The van der Waals surface area contributed by atoms with Crippen molar-refractivity contribution in [1.82, 2.24) is 5.43 Å². The standard InChI is InChI=1S/C4H8ClN3O2/c1-10-4(9)8-7-3(6)2-5/h2H2,1H3,(H2,6,7)(H,8,9). The van der Waals surface area contributed by atoms with Gasteiger partial charge in [0.2, 0.25) is 0 Å². The number of nitrogens with zero attached hydrogens (tertiary/aromatic N) is 1. The number of alkyl halides is 1. The Kier molecular flexibility index (Phi) is 4.39. The fraction of sp³-hybridized carbons (Fsp3) is 0.500. The highest BCUT2D eigenvalue weighted by Gasteiger charge is 1.94. The highest BCUT2D eigenvalue weighted by Crippen LogP contribution is 1.75. The van der Waals surface area contributed by atoms with E-state index in [1.165, 1.54) is 7.11 Å². The Morgan fingerprint density at radius 2 is 2.50 bits per heavy atom. The summed E-state index contributed by atoms with van der Waals surface area (Å²) in [5.41, 5.74) is 7.12. The van der Waals surface area contributed by atoms with E-state index in [9.17, 15) is 4.79 Å². The smallest absolute Gasteiger partial charge is 0.427 e. The summed E-state index contributed by atoms with van der Waals surface area (Å²) in [7, 11) is 1.22. The van der Waals surface area contributed by atoms with E-state index in [0.29, 0.717) is 0 Å². The molecule has 5 nitrogen and oxygen atoms in total. The van der Waals surface area contributed by atoms with Gasteiger partial charge in [0.1, 0.15) is 5.84 Å². The van der Waals surface area contributed by atoms with Crippen LogP contribution >= 0.6 is 11.6 Å². The van der Waals surface area contributed by atoms with Crippen LogP contribution in [0.2, 0.25) is 0 Å². The summed E-state index contributed by atoms with van der Waals surface area (Å²) in [6.45, 7) is 0. The van der Waals surface area contributed by atoms with Crippen LogP contribution in [0.25, 0.3) is 0 Å². The summed E-state index contributed by atoms with van der Waals surface area (Å²) in [6, 6.07) is 0. The maximum atomic E-state index is 10.3. The van der Waals surface area contributed by atoms with Gasteiger partial charge < -0.3 is 10.5 Å². The number of hydrazone groups is 1. The van der Waals surface area contributed by atoms with Crippen molar-refractivity contribution in [3.05, 3.63) is 0 Å². The molecule has 0 saturated heterocycles. The zero-order valence-electron chi connectivity index (χ0n) is 5.43. The Labute approximate surface area is 63.2 Å². The Hall–Kier alpha value is -0.970. The molecule has 0 aliphatic rings. The van der Waals surface area contributed by atoms with Crippen LogP contribution in [0.15, 0.2) is 5.10 Å². The van der Waals surface area contributed by atoms with Crippen molar-refractivity contribution in [1.29, 1.82) is 0 Å². The molecule has 1 amide bonds. The highest BCUT2D eigenvalue weighted by atomic mass is 35.5. The minimum atomic E-state index is -0.673. The average Bonchev–Trinajstić information content (AvgIpc) is 1.99. The Morgan fingerprint density at radius 3 is 2.90 bits per heavy atom. The normalized spacial score (nSPS) is 10.8. The fourth-order valence-electron chi connectivity index (χ4n) is 0.193. The number of hydrogen-bond donors (Lipinski definition) is 2. The van der Waals surface area contributed by atoms with Crippen LogP contribution in [0.4, 0.5) is 4.79 Å². The summed E-state index contributed by atoms with van der Waals surface area (Å²) >= 11 is 5.23. The summed E-state index contributed by atoms with van der Waals surface area (Å²) < 4.78 is 4.19. The van der Waals surface area contributed by atoms with Crippen molar-refractivity contribution >= 4 is 23.5 Å². The number of amides is 1. The molecule has 0 spiro atoms. The predicted molar refractivity (Wildman–Crippen MR) is 37.9 cm³/mol. The van der Waals surface area contributed by atoms with Gasteiger partial charge in [-0.2, -0.15) is 5.10 Å². The minimum Gasteiger partial charge on any atom is -0.452 e. The van der Waals surface area contributed by atoms with Crippen molar-refractivity contribution in [2.75, 3.05) is 13.0 Å². The average molecular weight is 166 g/mol. The molecule has 0 aliphatic heterocycles. The molecule has 10 heavy (non-hydrogen) atoms. The summed E-state index contributed by atoms with van der Waals surface area (Å²) in [5, 5.41) is 3.35. The van der Waals surface area contributed by atoms with E-state index in [-0.39, 0.29) is 11.7 Å². The number of nitrogens with one attached hydrogen (secondary N) is 1. The molecule has 0 aromatic rings. The monoisotopic (exact) mass is 165 g/mol. The first-order valence-corrected chi connectivity index (χ1v) is 2.96. The van der Waals surface area contributed by atoms with Crippen LogP contribution in [-0.2, 0) is 4.74 Å². The van der Waals surface area contributed by atoms with Gasteiger partial charge in [-0.25, -0.2) is 10.2 Å². The summed E-state index contributed by atoms with van der Waals surface area (Å²) in [4.78, 5) is 10.3. The number of ether oxygens (including phenoxy) is 1. The molecule has 0 fully saturated rings. The third-order valence-electron chi connectivity index (χ3n) is 0.613. The number of methoxy groups -OCH3 is 1. The van der Waals surface area contributed by atoms with E-state index in [2.05, 4.69) is 9.84 Å². The number of halogens is 1. The Morgan fingerprint density at radius 1 is 1.90 bits per heavy atom. The highest BCUT2D eigenvalue weighted by molar-refractivity contribution is 6.27. The molecular weight excluding hydrogens is 158 g/mol. The lowest BCUT2D eigenvalue weighted by molar-refractivity contribution is 0.171. The molecule has 0 atom stereocenters. The number of carbonyl (C=O) groups is 1. The molecule has 0 aromatic heterocycles. The van der Waals surface area contributed by atoms with Gasteiger partial charge in [0.15, 0.2) is 0 Å². The van der Waals surface area contributed by atoms with Gasteiger partial charge in [-0.15, -0.1) is 11.6 Å². The summed E-state index contributed by atoms with van der Waals surface area (Å²) in [5.74, 6) is 0.205. The maximum Gasteiger partial charge on any atom is 0.427 e. The molecule has 6 heteroatoms. The molecule has 0 aliphatic carbocycles. The molecule has 58 valence electrons. The predicted octanol–water partition coefficient (Wildman–Crippen LogP) is -0.147. The van der Waals surface area contributed by atoms with Gasteiger partial charge in [-0.05, 0) is 0 Å². The van der Waals surface area contributed by atoms with E-state index in [4.69, 9.17) is 17.3 Å². The van der Waals surface area contributed by atoms with Gasteiger partial charge in [-0.3, -0.25) is 0 Å². The van der Waals surface area contributed by atoms with Crippen molar-refractivity contribution in [2.24, 2.45) is 10.8 Å². The Bertz CT molecular complexity index is 147. The zero-order chi connectivity index (χ0) is 7.98. The van der Waals surface area contributed by atoms with Crippen LogP contribution in [-0.4, -0.2) is 24.9 Å². The number of carbonyl (C=O) groups excluding carboxylic acids is 1. The second kappa shape index (κ2) is 4.87. The van der Waals surface area contributed by atoms with Gasteiger partial charge >= 0.3 is 6.09 Å². The molecule has 0 aromatic carbocycles. The molecule has 3 N–H and O–H groups in total. The third kappa shape index (κ3) is 3.96. The van der Waals surface area contributed by atoms with Crippen LogP contribution in [0.5, 0.6) is 0 Å². The van der Waals surface area contributed by atoms with Crippen LogP contribution in [0, 0.1) is 0 Å². The lowest BCUT2D eigenvalue weighted by Gasteiger charge is -1.96. The molecular formula is C4H8ClN3O2. The van der Waals surface area contributed by atoms with E-state index in [1.54, 1.807) is 0 Å². The molecule has 0 rings (SSSR count). The van der Waals surface area contributed by atoms with Crippen LogP contribution < -0.4 is 11.2 Å². The number of amidine groups is 1. The SMILES string of the molecule is COC(=O)N/N=C(/N)CCl. The molecule has 0 radical (unpaired) electrons. The van der Waals surface area contributed by atoms with Crippen LogP contribution in [0.1, 0.15) is 0 Å². The zero-order valence-corrected chi connectivity index (χ0v) is 6.18. The van der Waals surface area contributed by atoms with Gasteiger partial charge in [0.05, 0.1) is 13.0 Å². The summed E-state index contributed by atoms with van der Waals surface area (Å²) in [6.07, 6.45) is -0.673. The molecule has 0 heterocycles. The van der Waals surface area contributed by atoms with Crippen molar-refractivity contribution in [3.8, 4) is 0 Å². The fourth-order valence-corrected chi connectivity index (χ4v) is 0.253. The third-order valence-corrected chi connectivity index (χ3v) is 0.887. The maximum absolute atomic E-state index is 10.3. The minimum absolute atomic E-state index is 0.0734. The van der Waals surface area contributed by atoms with E-state index in [1.807, 2.05) is 5.43 Å². The first kappa shape index (κ1) is 9.03. The molecule has 0 bridgehead atoms. The number of rotatable bonds is 2. The second-order valence-electron chi connectivity index (χ2n) is 1.34. The first-order chi connectivity index (χ1) is 4.70. The molecule has 0 unspecified atom stereocenters. The van der Waals surface area contributed by atoms with Gasteiger partial charge in [0, 0.05) is 0 Å². The molecule has 0 saturated carbocycles. The van der Waals surface area contributed by atoms with Crippen molar-refractivity contribution in [3.63, 3.8) is 0 Å². The van der Waals surface area contributed by atoms with Gasteiger partial charge in [-0.1, -0.05) is 0 Å². The first-order valence-electron chi connectivity index (χ1n) is 2.42. The van der Waals surface area contributed by atoms with Crippen molar-refractivity contribution in [2.45, 2.75) is 0 Å². The lowest BCUT2D eigenvalue weighted by atomic mass is 10.7. The topological polar surface area (TPSA) is 76.7 Å². The van der Waals surface area contributed by atoms with E-state index < -0.39 is 6.09 Å².